The van der Waals surface area contributed by atoms with E-state index < -0.39 is 0 Å². The quantitative estimate of drug-likeness (QED) is 0.753. The molecule has 0 radical (unpaired) electrons. The van der Waals surface area contributed by atoms with Gasteiger partial charge < -0.3 is 9.80 Å². The highest BCUT2D eigenvalue weighted by Gasteiger charge is 2.24. The highest BCUT2D eigenvalue weighted by molar-refractivity contribution is 9.10. The van der Waals surface area contributed by atoms with Crippen LogP contribution in [-0.4, -0.2) is 79.0 Å². The molecule has 0 aliphatic carbocycles. The number of piperazine rings is 1. The molecule has 0 spiro atoms. The van der Waals surface area contributed by atoms with Crippen molar-refractivity contribution in [3.8, 4) is 0 Å². The highest BCUT2D eigenvalue weighted by Crippen LogP contribution is 2.20. The molecule has 0 saturated carbocycles. The first-order chi connectivity index (χ1) is 9.97. The summed E-state index contributed by atoms with van der Waals surface area (Å²) in [5, 5.41) is 0.262. The maximum absolute atomic E-state index is 12.5. The average molecular weight is 376 g/mol. The zero-order chi connectivity index (χ0) is 15.4. The number of likely N-dealkylation sites (N-methyl/N-ethyl adjacent to an activating group) is 1. The lowest BCUT2D eigenvalue weighted by Crippen LogP contribution is -2.50. The molecule has 1 amide bonds. The van der Waals surface area contributed by atoms with E-state index in [0.717, 1.165) is 43.7 Å². The Morgan fingerprint density at radius 3 is 2.67 bits per heavy atom. The molecule has 5 nitrogen and oxygen atoms in total. The van der Waals surface area contributed by atoms with E-state index >= 15 is 0 Å². The van der Waals surface area contributed by atoms with Crippen molar-refractivity contribution >= 4 is 33.4 Å². The Morgan fingerprint density at radius 2 is 2.05 bits per heavy atom. The molecule has 1 aromatic rings. The molecule has 1 fully saturated rings. The summed E-state index contributed by atoms with van der Waals surface area (Å²) in [5.41, 5.74) is 0.466. The summed E-state index contributed by atoms with van der Waals surface area (Å²) in [6, 6.07) is 1.73. The summed E-state index contributed by atoms with van der Waals surface area (Å²) < 4.78 is 0.764. The van der Waals surface area contributed by atoms with E-state index in [1.807, 2.05) is 4.90 Å². The topological polar surface area (TPSA) is 39.7 Å². The van der Waals surface area contributed by atoms with Crippen LogP contribution >= 0.6 is 27.5 Å². The van der Waals surface area contributed by atoms with Crippen molar-refractivity contribution in [2.45, 2.75) is 0 Å². The maximum Gasteiger partial charge on any atom is 0.257 e. The van der Waals surface area contributed by atoms with Crippen molar-refractivity contribution in [1.29, 1.82) is 0 Å². The van der Waals surface area contributed by atoms with Crippen LogP contribution in [0, 0.1) is 0 Å². The molecule has 0 N–H and O–H groups in total. The molecule has 0 atom stereocenters. The van der Waals surface area contributed by atoms with Gasteiger partial charge in [-0.2, -0.15) is 0 Å². The van der Waals surface area contributed by atoms with E-state index in [9.17, 15) is 4.79 Å². The van der Waals surface area contributed by atoms with E-state index in [0.29, 0.717) is 5.56 Å². The fourth-order valence-electron chi connectivity index (χ4n) is 2.26. The Kier molecular flexibility index (Phi) is 5.98. The van der Waals surface area contributed by atoms with Crippen LogP contribution in [0.2, 0.25) is 5.15 Å². The van der Waals surface area contributed by atoms with Gasteiger partial charge in [0.05, 0.1) is 5.56 Å². The van der Waals surface area contributed by atoms with Gasteiger partial charge in [0.1, 0.15) is 5.15 Å². The van der Waals surface area contributed by atoms with Gasteiger partial charge in [0.2, 0.25) is 0 Å². The number of hydrogen-bond donors (Lipinski definition) is 0. The summed E-state index contributed by atoms with van der Waals surface area (Å²) in [7, 11) is 4.14. The van der Waals surface area contributed by atoms with Gasteiger partial charge in [0.25, 0.3) is 5.91 Å². The molecule has 116 valence electrons. The van der Waals surface area contributed by atoms with Crippen LogP contribution in [0.1, 0.15) is 10.4 Å². The van der Waals surface area contributed by atoms with Crippen LogP contribution in [0.5, 0.6) is 0 Å². The number of carbonyl (C=O) groups excluding carboxylic acids is 1. The number of aromatic nitrogens is 1. The minimum absolute atomic E-state index is 0.0407. The first-order valence-electron chi connectivity index (χ1n) is 6.95. The molecule has 21 heavy (non-hydrogen) atoms. The SMILES string of the molecule is CN(C)CCN1CCN(C(=O)c2cc(Br)cnc2Cl)CC1. The fraction of sp³-hybridized carbons (Fsp3) is 0.571. The normalized spacial score (nSPS) is 16.5. The smallest absolute Gasteiger partial charge is 0.257 e. The van der Waals surface area contributed by atoms with Crippen molar-refractivity contribution in [3.05, 3.63) is 27.5 Å². The number of nitrogens with zero attached hydrogens (tertiary/aromatic N) is 4. The predicted molar refractivity (Wildman–Crippen MR) is 87.8 cm³/mol. The minimum Gasteiger partial charge on any atom is -0.336 e. The second-order valence-electron chi connectivity index (χ2n) is 5.43. The third-order valence-electron chi connectivity index (χ3n) is 3.56. The lowest BCUT2D eigenvalue weighted by molar-refractivity contribution is 0.0629. The van der Waals surface area contributed by atoms with Crippen LogP contribution in [-0.2, 0) is 0 Å². The number of rotatable bonds is 4. The second kappa shape index (κ2) is 7.54. The van der Waals surface area contributed by atoms with Gasteiger partial charge in [0.15, 0.2) is 0 Å². The van der Waals surface area contributed by atoms with Crippen LogP contribution in [0.3, 0.4) is 0 Å². The number of hydrogen-bond acceptors (Lipinski definition) is 4. The molecule has 2 heterocycles. The summed E-state index contributed by atoms with van der Waals surface area (Å²) in [6.45, 7) is 5.34. The van der Waals surface area contributed by atoms with Gasteiger partial charge in [-0.25, -0.2) is 4.98 Å². The van der Waals surface area contributed by atoms with Gasteiger partial charge in [-0.15, -0.1) is 0 Å². The third kappa shape index (κ3) is 4.64. The summed E-state index contributed by atoms with van der Waals surface area (Å²) >= 11 is 9.36. The number of pyridine rings is 1. The zero-order valence-corrected chi connectivity index (χ0v) is 14.7. The summed E-state index contributed by atoms with van der Waals surface area (Å²) in [4.78, 5) is 22.9. The number of amides is 1. The van der Waals surface area contributed by atoms with Crippen LogP contribution in [0.25, 0.3) is 0 Å². The molecule has 1 aromatic heterocycles. The molecule has 0 bridgehead atoms. The van der Waals surface area contributed by atoms with Crippen LogP contribution < -0.4 is 0 Å². The van der Waals surface area contributed by atoms with Gasteiger partial charge in [-0.3, -0.25) is 9.69 Å². The molecule has 0 aromatic carbocycles. The lowest BCUT2D eigenvalue weighted by atomic mass is 10.2. The highest BCUT2D eigenvalue weighted by atomic mass is 79.9. The van der Waals surface area contributed by atoms with Crippen LogP contribution in [0.15, 0.2) is 16.7 Å². The molecule has 0 unspecified atom stereocenters. The number of halogens is 2. The third-order valence-corrected chi connectivity index (χ3v) is 4.29. The van der Waals surface area contributed by atoms with E-state index in [1.165, 1.54) is 0 Å². The van der Waals surface area contributed by atoms with Crippen molar-refractivity contribution in [2.24, 2.45) is 0 Å². The Hall–Kier alpha value is -0.690. The molecule has 1 saturated heterocycles. The largest absolute Gasteiger partial charge is 0.336 e. The average Bonchev–Trinajstić information content (AvgIpc) is 2.47. The molecule has 2 rings (SSSR count). The molecular formula is C14H20BrClN4O. The van der Waals surface area contributed by atoms with Crippen LogP contribution in [0.4, 0.5) is 0 Å². The summed E-state index contributed by atoms with van der Waals surface area (Å²) in [6.07, 6.45) is 1.60. The predicted octanol–water partition coefficient (Wildman–Crippen LogP) is 1.82. The van der Waals surface area contributed by atoms with Gasteiger partial charge >= 0.3 is 0 Å². The van der Waals surface area contributed by atoms with Crippen molar-refractivity contribution in [3.63, 3.8) is 0 Å². The van der Waals surface area contributed by atoms with Crippen molar-refractivity contribution < 1.29 is 4.79 Å². The lowest BCUT2D eigenvalue weighted by Gasteiger charge is -2.35. The minimum atomic E-state index is -0.0407. The van der Waals surface area contributed by atoms with E-state index in [2.05, 4.69) is 44.8 Å². The zero-order valence-electron chi connectivity index (χ0n) is 12.4. The second-order valence-corrected chi connectivity index (χ2v) is 6.70. The van der Waals surface area contributed by atoms with Gasteiger partial charge in [-0.1, -0.05) is 11.6 Å². The van der Waals surface area contributed by atoms with Gasteiger partial charge in [-0.05, 0) is 36.1 Å². The first-order valence-corrected chi connectivity index (χ1v) is 8.12. The standard InChI is InChI=1S/C14H20BrClN4O/c1-18(2)3-4-19-5-7-20(8-6-19)14(21)12-9-11(15)10-17-13(12)16/h9-10H,3-8H2,1-2H3. The molecule has 1 aliphatic heterocycles. The first kappa shape index (κ1) is 16.7. The van der Waals surface area contributed by atoms with Crippen molar-refractivity contribution in [2.75, 3.05) is 53.4 Å². The number of carbonyl (C=O) groups is 1. The summed E-state index contributed by atoms with van der Waals surface area (Å²) in [5.74, 6) is -0.0407. The Balaban J connectivity index is 1.92. The Labute approximate surface area is 139 Å². The Bertz CT molecular complexity index is 504. The molecule has 7 heteroatoms. The van der Waals surface area contributed by atoms with Crippen molar-refractivity contribution in [1.82, 2.24) is 19.7 Å². The monoisotopic (exact) mass is 374 g/mol. The fourth-order valence-corrected chi connectivity index (χ4v) is 2.77. The van der Waals surface area contributed by atoms with Gasteiger partial charge in [0, 0.05) is 49.9 Å². The van der Waals surface area contributed by atoms with E-state index in [4.69, 9.17) is 11.6 Å². The Morgan fingerprint density at radius 1 is 1.38 bits per heavy atom. The molecular weight excluding hydrogens is 356 g/mol. The maximum atomic E-state index is 12.5. The molecule has 1 aliphatic rings. The van der Waals surface area contributed by atoms with E-state index in [-0.39, 0.29) is 11.1 Å². The van der Waals surface area contributed by atoms with E-state index in [1.54, 1.807) is 12.3 Å².